The molecule has 1 unspecified atom stereocenters. The van der Waals surface area contributed by atoms with E-state index in [1.807, 2.05) is 12.3 Å². The molecule has 0 spiro atoms. The molecule has 0 bridgehead atoms. The van der Waals surface area contributed by atoms with E-state index in [9.17, 15) is 0 Å². The van der Waals surface area contributed by atoms with Gasteiger partial charge in [-0.3, -0.25) is 4.98 Å². The lowest BCUT2D eigenvalue weighted by Crippen LogP contribution is -2.29. The minimum atomic E-state index is 0.153. The van der Waals surface area contributed by atoms with Crippen LogP contribution in [0.5, 0.6) is 0 Å². The predicted molar refractivity (Wildman–Crippen MR) is 96.1 cm³/mol. The second-order valence-corrected chi connectivity index (χ2v) is 6.87. The van der Waals surface area contributed by atoms with E-state index in [0.29, 0.717) is 12.0 Å². The van der Waals surface area contributed by atoms with Crippen LogP contribution in [0.25, 0.3) is 10.9 Å². The summed E-state index contributed by atoms with van der Waals surface area (Å²) < 4.78 is 6.20. The Balaban J connectivity index is 1.66. The molecule has 1 aromatic heterocycles. The molecule has 3 aromatic rings. The second-order valence-electron chi connectivity index (χ2n) is 6.87. The third-order valence-electron chi connectivity index (χ3n) is 5.42. The van der Waals surface area contributed by atoms with Crippen LogP contribution >= 0.6 is 0 Å². The fraction of sp³-hybridized carbons (Fsp3) is 0.286. The molecule has 2 aliphatic rings. The number of fused-ring (bicyclic) bond motifs is 5. The number of nitrogens with zero attached hydrogens (tertiary/aromatic N) is 1. The molecule has 0 amide bonds. The van der Waals surface area contributed by atoms with Crippen molar-refractivity contribution in [3.63, 3.8) is 0 Å². The summed E-state index contributed by atoms with van der Waals surface area (Å²) in [6.07, 6.45) is 3.10. The van der Waals surface area contributed by atoms with Gasteiger partial charge in [-0.05, 0) is 37.1 Å². The van der Waals surface area contributed by atoms with Crippen LogP contribution in [0.3, 0.4) is 0 Å². The van der Waals surface area contributed by atoms with Gasteiger partial charge < -0.3 is 10.1 Å². The van der Waals surface area contributed by atoms with E-state index in [4.69, 9.17) is 4.74 Å². The van der Waals surface area contributed by atoms with Crippen LogP contribution < -0.4 is 5.32 Å². The highest BCUT2D eigenvalue weighted by Crippen LogP contribution is 2.51. The van der Waals surface area contributed by atoms with Crippen molar-refractivity contribution in [2.45, 2.75) is 25.5 Å². The molecular formula is C21H20N2O. The van der Waals surface area contributed by atoms with Crippen molar-refractivity contribution < 1.29 is 4.74 Å². The Morgan fingerprint density at radius 1 is 1.08 bits per heavy atom. The molecule has 1 N–H and O–H groups in total. The SMILES string of the molecule is Cc1ccc(C2Nc3ccc4ncccc4c3[C@@H]3OCC[C@H]23)cc1. The number of nitrogens with one attached hydrogen (secondary N) is 1. The van der Waals surface area contributed by atoms with Gasteiger partial charge in [-0.25, -0.2) is 0 Å². The Bertz CT molecular complexity index is 903. The number of aryl methyl sites for hydroxylation is 1. The Labute approximate surface area is 141 Å². The van der Waals surface area contributed by atoms with Gasteiger partial charge in [0, 0.05) is 35.4 Å². The third-order valence-corrected chi connectivity index (χ3v) is 5.42. The van der Waals surface area contributed by atoms with Gasteiger partial charge in [-0.2, -0.15) is 0 Å². The standard InChI is InChI=1S/C21H20N2O/c1-13-4-6-14(7-5-13)20-16-10-12-24-21(16)19-15-3-2-11-22-17(15)8-9-18(19)23-20/h2-9,11,16,20-21,23H,10,12H2,1H3/t16-,20?,21-/m1/s1. The first-order valence-electron chi connectivity index (χ1n) is 8.63. The summed E-state index contributed by atoms with van der Waals surface area (Å²) in [5, 5.41) is 5.00. The van der Waals surface area contributed by atoms with Crippen molar-refractivity contribution in [2.24, 2.45) is 5.92 Å². The second kappa shape index (κ2) is 5.32. The maximum Gasteiger partial charge on any atom is 0.0903 e. The zero-order valence-electron chi connectivity index (χ0n) is 13.7. The van der Waals surface area contributed by atoms with Crippen molar-refractivity contribution in [3.05, 3.63) is 71.4 Å². The van der Waals surface area contributed by atoms with Gasteiger partial charge >= 0.3 is 0 Å². The molecule has 2 aliphatic heterocycles. The molecule has 5 rings (SSSR count). The maximum atomic E-state index is 6.20. The molecule has 3 heterocycles. The van der Waals surface area contributed by atoms with Gasteiger partial charge in [-0.15, -0.1) is 0 Å². The van der Waals surface area contributed by atoms with Crippen LogP contribution in [-0.4, -0.2) is 11.6 Å². The van der Waals surface area contributed by atoms with E-state index < -0.39 is 0 Å². The largest absolute Gasteiger partial charge is 0.378 e. The molecule has 0 saturated carbocycles. The summed E-state index contributed by atoms with van der Waals surface area (Å²) >= 11 is 0. The van der Waals surface area contributed by atoms with Gasteiger partial charge in [0.25, 0.3) is 0 Å². The number of hydrogen-bond acceptors (Lipinski definition) is 3. The summed E-state index contributed by atoms with van der Waals surface area (Å²) in [4.78, 5) is 4.51. The zero-order valence-corrected chi connectivity index (χ0v) is 13.7. The minimum absolute atomic E-state index is 0.153. The molecule has 1 saturated heterocycles. The first kappa shape index (κ1) is 14.0. The maximum absolute atomic E-state index is 6.20. The molecule has 0 aliphatic carbocycles. The van der Waals surface area contributed by atoms with Crippen LogP contribution in [0.4, 0.5) is 5.69 Å². The molecule has 3 heteroatoms. The normalized spacial score (nSPS) is 25.1. The fourth-order valence-corrected chi connectivity index (χ4v) is 4.23. The van der Waals surface area contributed by atoms with Gasteiger partial charge in [0.05, 0.1) is 17.7 Å². The summed E-state index contributed by atoms with van der Waals surface area (Å²) in [5.74, 6) is 0.464. The zero-order chi connectivity index (χ0) is 16.1. The summed E-state index contributed by atoms with van der Waals surface area (Å²) in [6, 6.07) is 17.6. The quantitative estimate of drug-likeness (QED) is 0.701. The Morgan fingerprint density at radius 2 is 1.96 bits per heavy atom. The van der Waals surface area contributed by atoms with E-state index in [0.717, 1.165) is 18.5 Å². The lowest BCUT2D eigenvalue weighted by atomic mass is 9.80. The van der Waals surface area contributed by atoms with Crippen molar-refractivity contribution in [3.8, 4) is 0 Å². The Hall–Kier alpha value is -2.39. The number of hydrogen-bond donors (Lipinski definition) is 1. The molecule has 3 atom stereocenters. The smallest absolute Gasteiger partial charge is 0.0903 e. The van der Waals surface area contributed by atoms with Crippen LogP contribution in [0.1, 0.15) is 35.3 Å². The number of ether oxygens (including phenoxy) is 1. The monoisotopic (exact) mass is 316 g/mol. The average molecular weight is 316 g/mol. The Morgan fingerprint density at radius 3 is 2.83 bits per heavy atom. The van der Waals surface area contributed by atoms with Crippen molar-refractivity contribution in [1.82, 2.24) is 4.98 Å². The third kappa shape index (κ3) is 2.05. The summed E-state index contributed by atoms with van der Waals surface area (Å²) in [5.41, 5.74) is 6.15. The van der Waals surface area contributed by atoms with Crippen LogP contribution in [0.15, 0.2) is 54.7 Å². The number of pyridine rings is 1. The van der Waals surface area contributed by atoms with E-state index in [1.165, 1.54) is 27.8 Å². The molecule has 2 aromatic carbocycles. The minimum Gasteiger partial charge on any atom is -0.378 e. The molecule has 120 valence electrons. The van der Waals surface area contributed by atoms with Crippen molar-refractivity contribution in [2.75, 3.05) is 11.9 Å². The van der Waals surface area contributed by atoms with Crippen molar-refractivity contribution in [1.29, 1.82) is 0 Å². The lowest BCUT2D eigenvalue weighted by molar-refractivity contribution is 0.0841. The lowest BCUT2D eigenvalue weighted by Gasteiger charge is -2.37. The molecular weight excluding hydrogens is 296 g/mol. The number of rotatable bonds is 1. The summed E-state index contributed by atoms with van der Waals surface area (Å²) in [7, 11) is 0. The topological polar surface area (TPSA) is 34.2 Å². The van der Waals surface area contributed by atoms with Gasteiger partial charge in [0.15, 0.2) is 0 Å². The molecule has 24 heavy (non-hydrogen) atoms. The van der Waals surface area contributed by atoms with Crippen LogP contribution in [0.2, 0.25) is 0 Å². The van der Waals surface area contributed by atoms with E-state index in [-0.39, 0.29) is 6.10 Å². The van der Waals surface area contributed by atoms with Gasteiger partial charge in [0.2, 0.25) is 0 Å². The fourth-order valence-electron chi connectivity index (χ4n) is 4.23. The van der Waals surface area contributed by atoms with Gasteiger partial charge in [0.1, 0.15) is 0 Å². The van der Waals surface area contributed by atoms with Crippen LogP contribution in [-0.2, 0) is 4.74 Å². The van der Waals surface area contributed by atoms with E-state index in [2.05, 4.69) is 59.7 Å². The van der Waals surface area contributed by atoms with Crippen molar-refractivity contribution >= 4 is 16.6 Å². The number of anilines is 1. The van der Waals surface area contributed by atoms with E-state index in [1.54, 1.807) is 0 Å². The van der Waals surface area contributed by atoms with Gasteiger partial charge in [-0.1, -0.05) is 35.9 Å². The number of aromatic nitrogens is 1. The van der Waals surface area contributed by atoms with E-state index >= 15 is 0 Å². The highest BCUT2D eigenvalue weighted by Gasteiger charge is 2.42. The summed E-state index contributed by atoms with van der Waals surface area (Å²) in [6.45, 7) is 2.96. The highest BCUT2D eigenvalue weighted by molar-refractivity contribution is 5.88. The van der Waals surface area contributed by atoms with Crippen LogP contribution in [0, 0.1) is 12.8 Å². The first-order chi connectivity index (χ1) is 11.8. The first-order valence-corrected chi connectivity index (χ1v) is 8.63. The highest BCUT2D eigenvalue weighted by atomic mass is 16.5. The molecule has 0 radical (unpaired) electrons. The molecule has 3 nitrogen and oxygen atoms in total. The predicted octanol–water partition coefficient (Wildman–Crippen LogP) is 4.79. The average Bonchev–Trinajstić information content (AvgIpc) is 3.11. The Kier molecular flexibility index (Phi) is 3.10. The number of benzene rings is 2. The molecule has 1 fully saturated rings.